The summed E-state index contributed by atoms with van der Waals surface area (Å²) in [5, 5.41) is 0. The Hall–Kier alpha value is -1.49. The van der Waals surface area contributed by atoms with Gasteiger partial charge in [-0.3, -0.25) is 0 Å². The molecule has 0 N–H and O–H groups in total. The quantitative estimate of drug-likeness (QED) is 0.495. The molecule has 0 spiro atoms. The van der Waals surface area contributed by atoms with Gasteiger partial charge >= 0.3 is 6.19 Å². The molecule has 0 radical (unpaired) electrons. The predicted molar refractivity (Wildman–Crippen MR) is 56.3 cm³/mol. The minimum atomic E-state index is 0.951. The molecule has 0 atom stereocenters. The van der Waals surface area contributed by atoms with E-state index in [0.29, 0.717) is 0 Å². The molecule has 0 aliphatic heterocycles. The number of benzene rings is 1. The highest BCUT2D eigenvalue weighted by Crippen LogP contribution is 2.09. The van der Waals surface area contributed by atoms with Gasteiger partial charge in [-0.15, -0.1) is 0 Å². The number of nitrogens with zero attached hydrogens (tertiary/aromatic N) is 2. The van der Waals surface area contributed by atoms with E-state index in [9.17, 15) is 0 Å². The first-order valence-corrected chi connectivity index (χ1v) is 4.63. The van der Waals surface area contributed by atoms with Gasteiger partial charge in [0.2, 0.25) is 5.69 Å². The van der Waals surface area contributed by atoms with Crippen LogP contribution in [0.15, 0.2) is 30.3 Å². The molecule has 0 aliphatic rings. The summed E-state index contributed by atoms with van der Waals surface area (Å²) < 4.78 is 0. The van der Waals surface area contributed by atoms with Gasteiger partial charge in [-0.2, -0.15) is 4.85 Å². The Balaban J connectivity index is 2.66. The summed E-state index contributed by atoms with van der Waals surface area (Å²) in [7, 11) is 0. The van der Waals surface area contributed by atoms with Crippen LogP contribution in [0.1, 0.15) is 13.8 Å². The Morgan fingerprint density at radius 3 is 2.31 bits per heavy atom. The molecule has 0 fully saturated rings. The molecule has 2 nitrogen and oxygen atoms in total. The largest absolute Gasteiger partial charge is 0.377 e. The normalized spacial score (nSPS) is 8.77. The third-order valence-corrected chi connectivity index (χ3v) is 1.84. The van der Waals surface area contributed by atoms with Crippen molar-refractivity contribution in [3.8, 4) is 6.19 Å². The fourth-order valence-corrected chi connectivity index (χ4v) is 0.996. The van der Waals surface area contributed by atoms with E-state index in [1.165, 1.54) is 0 Å². The third-order valence-electron chi connectivity index (χ3n) is 1.84. The third kappa shape index (κ3) is 3.16. The van der Waals surface area contributed by atoms with Crippen LogP contribution < -0.4 is 0 Å². The van der Waals surface area contributed by atoms with Crippen molar-refractivity contribution in [2.75, 3.05) is 13.1 Å². The first-order valence-electron chi connectivity index (χ1n) is 4.63. The summed E-state index contributed by atoms with van der Waals surface area (Å²) in [5.41, 5.74) is 0.953. The maximum Gasteiger partial charge on any atom is 0.377 e. The average molecular weight is 175 g/mol. The highest BCUT2D eigenvalue weighted by molar-refractivity contribution is 5.44. The van der Waals surface area contributed by atoms with Crippen molar-refractivity contribution in [2.45, 2.75) is 13.8 Å². The molecule has 1 rings (SSSR count). The van der Waals surface area contributed by atoms with Crippen molar-refractivity contribution >= 4 is 5.69 Å². The number of rotatable bonds is 2. The van der Waals surface area contributed by atoms with Gasteiger partial charge in [-0.25, -0.2) is 4.90 Å². The van der Waals surface area contributed by atoms with Crippen LogP contribution in [0.25, 0.3) is 4.85 Å². The number of para-hydroxylation sites is 1. The van der Waals surface area contributed by atoms with E-state index in [1.807, 2.05) is 35.2 Å². The van der Waals surface area contributed by atoms with Gasteiger partial charge < -0.3 is 0 Å². The van der Waals surface area contributed by atoms with Crippen LogP contribution in [0, 0.1) is 6.19 Å². The highest BCUT2D eigenvalue weighted by atomic mass is 15.1. The Morgan fingerprint density at radius 2 is 1.77 bits per heavy atom. The molecule has 2 heteroatoms. The lowest BCUT2D eigenvalue weighted by molar-refractivity contribution is 0.443. The molecule has 0 saturated carbocycles. The van der Waals surface area contributed by atoms with Crippen LogP contribution in [0.5, 0.6) is 0 Å². The van der Waals surface area contributed by atoms with Gasteiger partial charge in [-0.1, -0.05) is 18.2 Å². The Kier molecular flexibility index (Phi) is 3.84. The van der Waals surface area contributed by atoms with Crippen LogP contribution in [0.3, 0.4) is 0 Å². The van der Waals surface area contributed by atoms with Gasteiger partial charge in [0.15, 0.2) is 0 Å². The van der Waals surface area contributed by atoms with E-state index in [-0.39, 0.29) is 0 Å². The Labute approximate surface area is 79.6 Å². The Bertz CT molecular complexity index is 291. The van der Waals surface area contributed by atoms with Crippen molar-refractivity contribution in [2.24, 2.45) is 0 Å². The van der Waals surface area contributed by atoms with Crippen LogP contribution >= 0.6 is 0 Å². The smallest absolute Gasteiger partial charge is 0.210 e. The molecule has 0 aliphatic carbocycles. The topological polar surface area (TPSA) is 7.60 Å². The van der Waals surface area contributed by atoms with Crippen LogP contribution in [-0.4, -0.2) is 18.0 Å². The minimum absolute atomic E-state index is 0.951. The van der Waals surface area contributed by atoms with Crippen LogP contribution in [0.2, 0.25) is 0 Å². The summed E-state index contributed by atoms with van der Waals surface area (Å²) in [6.07, 6.45) is 2.99. The van der Waals surface area contributed by atoms with E-state index in [4.69, 9.17) is 0 Å². The fraction of sp³-hybridized carbons (Fsp3) is 0.364. The molecule has 0 heterocycles. The van der Waals surface area contributed by atoms with E-state index in [1.54, 1.807) is 0 Å². The van der Waals surface area contributed by atoms with Gasteiger partial charge in [0, 0.05) is 12.1 Å². The molecule has 0 bridgehead atoms. The average Bonchev–Trinajstić information content (AvgIpc) is 2.21. The number of hydrogen-bond acceptors (Lipinski definition) is 1. The maximum absolute atomic E-state index is 4.22. The monoisotopic (exact) mass is 175 g/mol. The lowest BCUT2D eigenvalue weighted by Crippen LogP contribution is -2.15. The van der Waals surface area contributed by atoms with Crippen LogP contribution in [0.4, 0.5) is 5.69 Å². The van der Waals surface area contributed by atoms with Crippen molar-refractivity contribution in [3.63, 3.8) is 0 Å². The van der Waals surface area contributed by atoms with Crippen molar-refractivity contribution in [1.29, 1.82) is 0 Å². The molecule has 0 unspecified atom stereocenters. The van der Waals surface area contributed by atoms with Crippen molar-refractivity contribution in [3.05, 3.63) is 35.2 Å². The molecule has 0 aromatic heterocycles. The summed E-state index contributed by atoms with van der Waals surface area (Å²) >= 11 is 0. The SMILES string of the molecule is CCN(C#[N+]c1ccccc1)CC. The summed E-state index contributed by atoms with van der Waals surface area (Å²) in [5.74, 6) is 0. The lowest BCUT2D eigenvalue weighted by Gasteiger charge is -1.98. The van der Waals surface area contributed by atoms with E-state index in [2.05, 4.69) is 24.9 Å². The highest BCUT2D eigenvalue weighted by Gasteiger charge is 2.00. The van der Waals surface area contributed by atoms with E-state index >= 15 is 0 Å². The zero-order valence-corrected chi connectivity index (χ0v) is 8.20. The standard InChI is InChI=1S/C11H15N2/c1-3-13(4-2)10-12-11-8-6-5-7-9-11/h5-9H,3-4H2,1-2H3/q+1. The summed E-state index contributed by atoms with van der Waals surface area (Å²) in [4.78, 5) is 6.26. The number of hydrogen-bond donors (Lipinski definition) is 0. The van der Waals surface area contributed by atoms with E-state index in [0.717, 1.165) is 18.8 Å². The first-order chi connectivity index (χ1) is 6.36. The Morgan fingerprint density at radius 1 is 1.15 bits per heavy atom. The molecule has 68 valence electrons. The zero-order chi connectivity index (χ0) is 9.52. The van der Waals surface area contributed by atoms with Gasteiger partial charge in [-0.05, 0) is 13.8 Å². The minimum Gasteiger partial charge on any atom is -0.210 e. The molecule has 1 aromatic rings. The summed E-state index contributed by atoms with van der Waals surface area (Å²) in [6, 6.07) is 9.87. The van der Waals surface area contributed by atoms with Crippen molar-refractivity contribution < 1.29 is 0 Å². The van der Waals surface area contributed by atoms with E-state index < -0.39 is 0 Å². The summed E-state index contributed by atoms with van der Waals surface area (Å²) in [6.45, 7) is 6.09. The molecule has 1 aromatic carbocycles. The second-order valence-corrected chi connectivity index (χ2v) is 2.72. The van der Waals surface area contributed by atoms with Gasteiger partial charge in [0.05, 0.1) is 13.1 Å². The molecular formula is C11H15N2+. The first kappa shape index (κ1) is 9.60. The molecule has 13 heavy (non-hydrogen) atoms. The second-order valence-electron chi connectivity index (χ2n) is 2.72. The maximum atomic E-state index is 4.22. The predicted octanol–water partition coefficient (Wildman–Crippen LogP) is 2.95. The molecule has 0 saturated heterocycles. The lowest BCUT2D eigenvalue weighted by atomic mass is 10.3. The van der Waals surface area contributed by atoms with Gasteiger partial charge in [0.1, 0.15) is 0 Å². The van der Waals surface area contributed by atoms with Crippen molar-refractivity contribution in [1.82, 2.24) is 4.90 Å². The molecular weight excluding hydrogens is 160 g/mol. The zero-order valence-electron chi connectivity index (χ0n) is 8.20. The van der Waals surface area contributed by atoms with Crippen LogP contribution in [-0.2, 0) is 0 Å². The van der Waals surface area contributed by atoms with Gasteiger partial charge in [0.25, 0.3) is 0 Å². The second kappa shape index (κ2) is 5.21. The fourth-order valence-electron chi connectivity index (χ4n) is 0.996. The molecule has 0 amide bonds.